The van der Waals surface area contributed by atoms with Gasteiger partial charge in [0.05, 0.1) is 26.7 Å². The second-order valence-electron chi connectivity index (χ2n) is 4.12. The van der Waals surface area contributed by atoms with Gasteiger partial charge in [0.15, 0.2) is 11.5 Å². The fourth-order valence-electron chi connectivity index (χ4n) is 1.90. The van der Waals surface area contributed by atoms with E-state index in [0.717, 1.165) is 6.42 Å². The molecule has 18 heavy (non-hydrogen) atoms. The zero-order valence-electron chi connectivity index (χ0n) is 10.6. The number of hydrogen-bond donors (Lipinski definition) is 1. The molecule has 1 fully saturated rings. The van der Waals surface area contributed by atoms with Crippen LogP contribution in [0, 0.1) is 5.92 Å². The summed E-state index contributed by atoms with van der Waals surface area (Å²) in [4.78, 5) is 11.9. The van der Waals surface area contributed by atoms with Crippen LogP contribution < -0.4 is 14.8 Å². The van der Waals surface area contributed by atoms with Gasteiger partial charge in [-0.1, -0.05) is 0 Å². The Morgan fingerprint density at radius 2 is 2.11 bits per heavy atom. The average molecular weight is 251 g/mol. The van der Waals surface area contributed by atoms with Crippen LogP contribution in [-0.2, 0) is 9.53 Å². The Bertz CT molecular complexity index is 427. The van der Waals surface area contributed by atoms with E-state index in [4.69, 9.17) is 14.2 Å². The first-order chi connectivity index (χ1) is 8.74. The minimum absolute atomic E-state index is 0.0141. The van der Waals surface area contributed by atoms with Gasteiger partial charge in [0, 0.05) is 18.4 Å². The highest BCUT2D eigenvalue weighted by Crippen LogP contribution is 2.30. The third-order valence-electron chi connectivity index (χ3n) is 2.95. The summed E-state index contributed by atoms with van der Waals surface area (Å²) in [5.41, 5.74) is 0.699. The summed E-state index contributed by atoms with van der Waals surface area (Å²) in [5, 5.41) is 2.86. The van der Waals surface area contributed by atoms with Crippen molar-refractivity contribution >= 4 is 11.6 Å². The van der Waals surface area contributed by atoms with Gasteiger partial charge in [-0.05, 0) is 18.6 Å². The lowest BCUT2D eigenvalue weighted by Gasteiger charge is -2.12. The molecular formula is C13H17NO4. The van der Waals surface area contributed by atoms with Gasteiger partial charge in [-0.15, -0.1) is 0 Å². The summed E-state index contributed by atoms with van der Waals surface area (Å²) in [6, 6.07) is 5.29. The van der Waals surface area contributed by atoms with Crippen molar-refractivity contribution < 1.29 is 19.0 Å². The molecule has 1 aliphatic rings. The van der Waals surface area contributed by atoms with Gasteiger partial charge >= 0.3 is 0 Å². The number of rotatable bonds is 4. The van der Waals surface area contributed by atoms with Crippen LogP contribution in [0.25, 0.3) is 0 Å². The third kappa shape index (κ3) is 2.73. The van der Waals surface area contributed by atoms with Crippen LogP contribution in [0.15, 0.2) is 18.2 Å². The molecular weight excluding hydrogens is 234 g/mol. The first kappa shape index (κ1) is 12.7. The summed E-state index contributed by atoms with van der Waals surface area (Å²) < 4.78 is 15.5. The van der Waals surface area contributed by atoms with E-state index < -0.39 is 0 Å². The Labute approximate surface area is 106 Å². The molecule has 2 rings (SSSR count). The van der Waals surface area contributed by atoms with Gasteiger partial charge < -0.3 is 19.5 Å². The summed E-state index contributed by atoms with van der Waals surface area (Å²) in [7, 11) is 3.14. The lowest BCUT2D eigenvalue weighted by molar-refractivity contribution is -0.119. The number of carbonyl (C=O) groups excluding carboxylic acids is 1. The highest BCUT2D eigenvalue weighted by atomic mass is 16.5. The fourth-order valence-corrected chi connectivity index (χ4v) is 1.90. The van der Waals surface area contributed by atoms with E-state index in [1.54, 1.807) is 32.4 Å². The molecule has 1 saturated heterocycles. The molecule has 0 radical (unpaired) electrons. The van der Waals surface area contributed by atoms with Crippen LogP contribution in [0.3, 0.4) is 0 Å². The Kier molecular flexibility index (Phi) is 4.04. The Morgan fingerprint density at radius 3 is 2.72 bits per heavy atom. The zero-order chi connectivity index (χ0) is 13.0. The molecule has 0 aliphatic carbocycles. The Hall–Kier alpha value is -1.75. The second kappa shape index (κ2) is 5.73. The van der Waals surface area contributed by atoms with Gasteiger partial charge in [0.1, 0.15) is 0 Å². The van der Waals surface area contributed by atoms with Crippen LogP contribution in [0.2, 0.25) is 0 Å². The summed E-state index contributed by atoms with van der Waals surface area (Å²) in [6.45, 7) is 1.16. The highest BCUT2D eigenvalue weighted by molar-refractivity contribution is 5.93. The van der Waals surface area contributed by atoms with Crippen molar-refractivity contribution in [3.8, 4) is 11.5 Å². The average Bonchev–Trinajstić information content (AvgIpc) is 2.92. The van der Waals surface area contributed by atoms with Crippen molar-refractivity contribution in [2.75, 3.05) is 32.8 Å². The van der Waals surface area contributed by atoms with E-state index in [2.05, 4.69) is 5.32 Å². The fraction of sp³-hybridized carbons (Fsp3) is 0.462. The largest absolute Gasteiger partial charge is 0.493 e. The van der Waals surface area contributed by atoms with Gasteiger partial charge in [0.25, 0.3) is 0 Å². The molecule has 1 amide bonds. The standard InChI is InChI=1S/C13H17NO4/c1-16-11-4-3-10(7-12(11)17-2)14-13(15)9-5-6-18-8-9/h3-4,7,9H,5-6,8H2,1-2H3,(H,14,15). The SMILES string of the molecule is COc1ccc(NC(=O)C2CCOC2)cc1OC. The number of anilines is 1. The highest BCUT2D eigenvalue weighted by Gasteiger charge is 2.23. The molecule has 1 aromatic carbocycles. The summed E-state index contributed by atoms with van der Waals surface area (Å²) in [5.74, 6) is 1.16. The van der Waals surface area contributed by atoms with Crippen molar-refractivity contribution in [3.63, 3.8) is 0 Å². The van der Waals surface area contributed by atoms with E-state index in [1.165, 1.54) is 0 Å². The number of methoxy groups -OCH3 is 2. The van der Waals surface area contributed by atoms with E-state index in [-0.39, 0.29) is 11.8 Å². The number of ether oxygens (including phenoxy) is 3. The van der Waals surface area contributed by atoms with Crippen LogP contribution in [0.4, 0.5) is 5.69 Å². The molecule has 0 bridgehead atoms. The van der Waals surface area contributed by atoms with Gasteiger partial charge in [-0.25, -0.2) is 0 Å². The topological polar surface area (TPSA) is 56.8 Å². The van der Waals surface area contributed by atoms with Crippen molar-refractivity contribution in [2.45, 2.75) is 6.42 Å². The molecule has 98 valence electrons. The van der Waals surface area contributed by atoms with E-state index in [0.29, 0.717) is 30.4 Å². The minimum Gasteiger partial charge on any atom is -0.493 e. The maximum Gasteiger partial charge on any atom is 0.229 e. The molecule has 1 N–H and O–H groups in total. The monoisotopic (exact) mass is 251 g/mol. The molecule has 1 unspecified atom stereocenters. The van der Waals surface area contributed by atoms with Crippen LogP contribution in [0.1, 0.15) is 6.42 Å². The van der Waals surface area contributed by atoms with Gasteiger partial charge in [-0.3, -0.25) is 4.79 Å². The number of amides is 1. The molecule has 0 spiro atoms. The van der Waals surface area contributed by atoms with Crippen LogP contribution in [-0.4, -0.2) is 33.3 Å². The lowest BCUT2D eigenvalue weighted by atomic mass is 10.1. The first-order valence-corrected chi connectivity index (χ1v) is 5.85. The van der Waals surface area contributed by atoms with Gasteiger partial charge in [-0.2, -0.15) is 0 Å². The van der Waals surface area contributed by atoms with E-state index in [1.807, 2.05) is 0 Å². The quantitative estimate of drug-likeness (QED) is 0.884. The van der Waals surface area contributed by atoms with Crippen molar-refractivity contribution in [1.82, 2.24) is 0 Å². The van der Waals surface area contributed by atoms with E-state index in [9.17, 15) is 4.79 Å². The Morgan fingerprint density at radius 1 is 1.33 bits per heavy atom. The van der Waals surface area contributed by atoms with E-state index >= 15 is 0 Å². The number of nitrogens with one attached hydrogen (secondary N) is 1. The Balaban J connectivity index is 2.06. The van der Waals surface area contributed by atoms with Crippen molar-refractivity contribution in [2.24, 2.45) is 5.92 Å². The van der Waals surface area contributed by atoms with Crippen molar-refractivity contribution in [1.29, 1.82) is 0 Å². The molecule has 1 aliphatic heterocycles. The molecule has 5 nitrogen and oxygen atoms in total. The summed E-state index contributed by atoms with van der Waals surface area (Å²) >= 11 is 0. The molecule has 1 atom stereocenters. The predicted molar refractivity (Wildman–Crippen MR) is 67.1 cm³/mol. The first-order valence-electron chi connectivity index (χ1n) is 5.85. The maximum absolute atomic E-state index is 11.9. The predicted octanol–water partition coefficient (Wildman–Crippen LogP) is 1.68. The van der Waals surface area contributed by atoms with Crippen LogP contribution >= 0.6 is 0 Å². The smallest absolute Gasteiger partial charge is 0.229 e. The minimum atomic E-state index is -0.0573. The molecule has 1 heterocycles. The molecule has 0 saturated carbocycles. The van der Waals surface area contributed by atoms with Crippen LogP contribution in [0.5, 0.6) is 11.5 Å². The number of hydrogen-bond acceptors (Lipinski definition) is 4. The molecule has 0 aromatic heterocycles. The molecule has 5 heteroatoms. The zero-order valence-corrected chi connectivity index (χ0v) is 10.6. The maximum atomic E-state index is 11.9. The van der Waals surface area contributed by atoms with Crippen molar-refractivity contribution in [3.05, 3.63) is 18.2 Å². The number of benzene rings is 1. The lowest BCUT2D eigenvalue weighted by Crippen LogP contribution is -2.22. The summed E-state index contributed by atoms with van der Waals surface area (Å²) in [6.07, 6.45) is 0.777. The number of carbonyl (C=O) groups is 1. The normalized spacial score (nSPS) is 18.4. The second-order valence-corrected chi connectivity index (χ2v) is 4.12. The molecule has 1 aromatic rings. The van der Waals surface area contributed by atoms with Gasteiger partial charge in [0.2, 0.25) is 5.91 Å². The third-order valence-corrected chi connectivity index (χ3v) is 2.95.